The predicted octanol–water partition coefficient (Wildman–Crippen LogP) is 4.76. The van der Waals surface area contributed by atoms with Crippen molar-refractivity contribution in [2.24, 2.45) is 0 Å². The van der Waals surface area contributed by atoms with Gasteiger partial charge in [0.1, 0.15) is 0 Å². The largest absolute Gasteiger partial charge is 0.382 e. The van der Waals surface area contributed by atoms with Crippen LogP contribution in [0, 0.1) is 20.8 Å². The molecule has 0 unspecified atom stereocenters. The number of thiocarbonyl (C=S) groups is 1. The van der Waals surface area contributed by atoms with Crippen molar-refractivity contribution < 1.29 is 4.74 Å². The lowest BCUT2D eigenvalue weighted by atomic mass is 10.0. The predicted molar refractivity (Wildman–Crippen MR) is 136 cm³/mol. The minimum atomic E-state index is -0.0736. The first-order valence-electron chi connectivity index (χ1n) is 11.2. The fourth-order valence-corrected chi connectivity index (χ4v) is 4.01. The van der Waals surface area contributed by atoms with Gasteiger partial charge in [-0.3, -0.25) is 4.79 Å². The molecule has 3 aromatic rings. The van der Waals surface area contributed by atoms with Crippen LogP contribution < -0.4 is 10.9 Å². The first kappa shape index (κ1) is 24.0. The third kappa shape index (κ3) is 6.40. The number of aromatic nitrogens is 1. The molecule has 0 amide bonds. The Bertz CT molecular complexity index is 1120. The zero-order valence-electron chi connectivity index (χ0n) is 19.5. The Morgan fingerprint density at radius 3 is 2.53 bits per heavy atom. The summed E-state index contributed by atoms with van der Waals surface area (Å²) in [6.07, 6.45) is 0.876. The van der Waals surface area contributed by atoms with Crippen molar-refractivity contribution in [2.45, 2.75) is 47.2 Å². The van der Waals surface area contributed by atoms with Crippen LogP contribution >= 0.6 is 12.2 Å². The number of aromatic amines is 1. The molecule has 1 heterocycles. The average Bonchev–Trinajstić information content (AvgIpc) is 2.75. The van der Waals surface area contributed by atoms with E-state index in [4.69, 9.17) is 17.0 Å². The quantitative estimate of drug-likeness (QED) is 0.363. The number of rotatable bonds is 9. The second-order valence-corrected chi connectivity index (χ2v) is 8.68. The summed E-state index contributed by atoms with van der Waals surface area (Å²) in [5, 5.41) is 5.04. The summed E-state index contributed by atoms with van der Waals surface area (Å²) >= 11 is 5.72. The molecule has 5 nitrogen and oxygen atoms in total. The Balaban J connectivity index is 1.83. The maximum absolute atomic E-state index is 12.9. The van der Waals surface area contributed by atoms with E-state index in [1.807, 2.05) is 26.0 Å². The Morgan fingerprint density at radius 2 is 1.81 bits per heavy atom. The van der Waals surface area contributed by atoms with E-state index >= 15 is 0 Å². The van der Waals surface area contributed by atoms with Gasteiger partial charge in [-0.15, -0.1) is 0 Å². The van der Waals surface area contributed by atoms with Gasteiger partial charge in [-0.05, 0) is 75.2 Å². The highest BCUT2D eigenvalue weighted by Crippen LogP contribution is 2.19. The van der Waals surface area contributed by atoms with Gasteiger partial charge in [-0.25, -0.2) is 0 Å². The number of nitrogens with one attached hydrogen (secondary N) is 2. The van der Waals surface area contributed by atoms with Crippen molar-refractivity contribution in [1.29, 1.82) is 0 Å². The number of fused-ring (bicyclic) bond motifs is 1. The summed E-state index contributed by atoms with van der Waals surface area (Å²) in [6, 6.07) is 14.6. The maximum Gasteiger partial charge on any atom is 0.253 e. The van der Waals surface area contributed by atoms with Crippen molar-refractivity contribution in [3.8, 4) is 0 Å². The fourth-order valence-electron chi connectivity index (χ4n) is 3.78. The minimum absolute atomic E-state index is 0.0736. The third-order valence-electron chi connectivity index (χ3n) is 5.48. The lowest BCUT2D eigenvalue weighted by Crippen LogP contribution is -2.40. The van der Waals surface area contributed by atoms with Gasteiger partial charge < -0.3 is 19.9 Å². The van der Waals surface area contributed by atoms with Crippen LogP contribution in [0.2, 0.25) is 0 Å². The van der Waals surface area contributed by atoms with Gasteiger partial charge in [0.15, 0.2) is 5.11 Å². The zero-order valence-corrected chi connectivity index (χ0v) is 20.3. The molecule has 0 spiro atoms. The number of ether oxygens (including phenoxy) is 1. The van der Waals surface area contributed by atoms with Gasteiger partial charge in [-0.1, -0.05) is 35.9 Å². The lowest BCUT2D eigenvalue weighted by Gasteiger charge is -2.26. The standard InChI is InChI=1S/C26H33N3O2S/c1-5-31-12-6-11-27-26(32)29(16-21-9-7-18(2)8-10-21)17-22-15-23-20(4)13-19(3)14-24(23)28-25(22)30/h7-10,13-15H,5-6,11-12,16-17H2,1-4H3,(H,27,32)(H,28,30). The van der Waals surface area contributed by atoms with Crippen molar-refractivity contribution in [1.82, 2.24) is 15.2 Å². The Morgan fingerprint density at radius 1 is 1.06 bits per heavy atom. The zero-order chi connectivity index (χ0) is 23.1. The molecule has 0 radical (unpaired) electrons. The molecule has 2 aromatic carbocycles. The molecule has 0 aliphatic carbocycles. The highest BCUT2D eigenvalue weighted by molar-refractivity contribution is 7.80. The smallest absolute Gasteiger partial charge is 0.253 e. The number of nitrogens with zero attached hydrogens (tertiary/aromatic N) is 1. The van der Waals surface area contributed by atoms with Crippen LogP contribution in [-0.4, -0.2) is 34.8 Å². The molecule has 2 N–H and O–H groups in total. The van der Waals surface area contributed by atoms with E-state index in [0.29, 0.717) is 37.0 Å². The summed E-state index contributed by atoms with van der Waals surface area (Å²) in [7, 11) is 0. The first-order chi connectivity index (χ1) is 15.4. The Hall–Kier alpha value is -2.70. The van der Waals surface area contributed by atoms with Crippen molar-refractivity contribution >= 4 is 28.2 Å². The SMILES string of the molecule is CCOCCCNC(=S)N(Cc1ccc(C)cc1)Cc1cc2c(C)cc(C)cc2[nH]c1=O. The van der Waals surface area contributed by atoms with Crippen LogP contribution in [0.25, 0.3) is 10.9 Å². The van der Waals surface area contributed by atoms with Crippen LogP contribution in [0.15, 0.2) is 47.3 Å². The van der Waals surface area contributed by atoms with Gasteiger partial charge in [0.2, 0.25) is 0 Å². The van der Waals surface area contributed by atoms with E-state index in [2.05, 4.69) is 59.4 Å². The van der Waals surface area contributed by atoms with Crippen molar-refractivity contribution in [3.63, 3.8) is 0 Å². The molecular weight excluding hydrogens is 418 g/mol. The second-order valence-electron chi connectivity index (χ2n) is 8.29. The topological polar surface area (TPSA) is 57.4 Å². The van der Waals surface area contributed by atoms with Crippen molar-refractivity contribution in [2.75, 3.05) is 19.8 Å². The molecule has 0 saturated carbocycles. The van der Waals surface area contributed by atoms with Gasteiger partial charge in [0, 0.05) is 42.8 Å². The monoisotopic (exact) mass is 451 g/mol. The highest BCUT2D eigenvalue weighted by Gasteiger charge is 2.15. The molecule has 0 aliphatic heterocycles. The molecule has 6 heteroatoms. The summed E-state index contributed by atoms with van der Waals surface area (Å²) < 4.78 is 5.41. The maximum atomic E-state index is 12.9. The molecule has 0 saturated heterocycles. The molecule has 1 aromatic heterocycles. The molecule has 0 bridgehead atoms. The number of pyridine rings is 1. The normalized spacial score (nSPS) is 11.0. The molecule has 0 aliphatic rings. The molecule has 3 rings (SSSR count). The van der Waals surface area contributed by atoms with Gasteiger partial charge in [0.25, 0.3) is 5.56 Å². The fraction of sp³-hybridized carbons (Fsp3) is 0.385. The van der Waals surface area contributed by atoms with Crippen LogP contribution in [0.3, 0.4) is 0 Å². The van der Waals surface area contributed by atoms with E-state index in [1.165, 1.54) is 5.56 Å². The summed E-state index contributed by atoms with van der Waals surface area (Å²) in [5.41, 5.74) is 6.16. The van der Waals surface area contributed by atoms with E-state index in [-0.39, 0.29) is 5.56 Å². The van der Waals surface area contributed by atoms with Gasteiger partial charge in [-0.2, -0.15) is 0 Å². The number of aryl methyl sites for hydroxylation is 3. The van der Waals surface area contributed by atoms with E-state index in [0.717, 1.165) is 40.6 Å². The Labute approximate surface area is 195 Å². The van der Waals surface area contributed by atoms with E-state index < -0.39 is 0 Å². The second kappa shape index (κ2) is 11.2. The number of hydrogen-bond donors (Lipinski definition) is 2. The molecular formula is C26H33N3O2S. The lowest BCUT2D eigenvalue weighted by molar-refractivity contribution is 0.145. The number of H-pyrrole nitrogens is 1. The van der Waals surface area contributed by atoms with Crippen LogP contribution in [0.1, 0.15) is 41.2 Å². The Kier molecular flexibility index (Phi) is 8.42. The van der Waals surface area contributed by atoms with Gasteiger partial charge >= 0.3 is 0 Å². The molecule has 32 heavy (non-hydrogen) atoms. The molecule has 170 valence electrons. The number of benzene rings is 2. The highest BCUT2D eigenvalue weighted by atomic mass is 32.1. The molecule has 0 atom stereocenters. The van der Waals surface area contributed by atoms with Crippen LogP contribution in [-0.2, 0) is 17.8 Å². The number of hydrogen-bond acceptors (Lipinski definition) is 3. The average molecular weight is 452 g/mol. The summed E-state index contributed by atoms with van der Waals surface area (Å²) in [6.45, 7) is 11.4. The molecule has 0 fully saturated rings. The van der Waals surface area contributed by atoms with Gasteiger partial charge in [0.05, 0.1) is 6.54 Å². The minimum Gasteiger partial charge on any atom is -0.382 e. The van der Waals surface area contributed by atoms with Crippen LogP contribution in [0.4, 0.5) is 0 Å². The van der Waals surface area contributed by atoms with E-state index in [9.17, 15) is 4.79 Å². The van der Waals surface area contributed by atoms with E-state index in [1.54, 1.807) is 0 Å². The van der Waals surface area contributed by atoms with Crippen LogP contribution in [0.5, 0.6) is 0 Å². The third-order valence-corrected chi connectivity index (χ3v) is 5.88. The summed E-state index contributed by atoms with van der Waals surface area (Å²) in [5.74, 6) is 0. The first-order valence-corrected chi connectivity index (χ1v) is 11.6. The summed E-state index contributed by atoms with van der Waals surface area (Å²) in [4.78, 5) is 18.0. The van der Waals surface area contributed by atoms with Crippen molar-refractivity contribution in [3.05, 3.63) is 80.6 Å².